The van der Waals surface area contributed by atoms with E-state index in [-0.39, 0.29) is 5.60 Å². The number of hydrogen-bond donors (Lipinski definition) is 1. The fourth-order valence-corrected chi connectivity index (χ4v) is 3.41. The average molecular weight is 388 g/mol. The number of benzene rings is 1. The molecule has 0 amide bonds. The lowest BCUT2D eigenvalue weighted by atomic mass is 9.68. The molecule has 112 valence electrons. The van der Waals surface area contributed by atoms with E-state index in [0.717, 1.165) is 25.7 Å². The Kier molecular flexibility index (Phi) is 5.14. The first-order valence-corrected chi connectivity index (χ1v) is 8.42. The van der Waals surface area contributed by atoms with Crippen LogP contribution in [0.4, 0.5) is 0 Å². The average Bonchev–Trinajstić information content (AvgIpc) is 2.42. The maximum absolute atomic E-state index is 10.7. The number of hydrogen-bond acceptors (Lipinski definition) is 2. The van der Waals surface area contributed by atoms with Gasteiger partial charge in [-0.3, -0.25) is 0 Å². The molecule has 0 spiro atoms. The molecule has 20 heavy (non-hydrogen) atoms. The maximum Gasteiger partial charge on any atom is 0.0940 e. The molecule has 0 saturated heterocycles. The Morgan fingerprint density at radius 2 is 1.70 bits per heavy atom. The van der Waals surface area contributed by atoms with E-state index in [1.807, 2.05) is 0 Å². The van der Waals surface area contributed by atoms with Crippen molar-refractivity contribution >= 4 is 22.6 Å². The Bertz CT molecular complexity index is 429. The summed E-state index contributed by atoms with van der Waals surface area (Å²) < 4.78 is 7.00. The van der Waals surface area contributed by atoms with Crippen LogP contribution in [0.2, 0.25) is 0 Å². The molecule has 0 aromatic heterocycles. The van der Waals surface area contributed by atoms with Crippen LogP contribution in [0, 0.1) is 8.99 Å². The lowest BCUT2D eigenvalue weighted by Crippen LogP contribution is -2.49. The summed E-state index contributed by atoms with van der Waals surface area (Å²) in [7, 11) is 1.75. The minimum Gasteiger partial charge on any atom is -0.390 e. The lowest BCUT2D eigenvalue weighted by molar-refractivity contribution is -0.135. The quantitative estimate of drug-likeness (QED) is 0.785. The molecule has 0 radical (unpaired) electrons. The highest BCUT2D eigenvalue weighted by atomic mass is 127. The highest BCUT2D eigenvalue weighted by Crippen LogP contribution is 2.43. The molecule has 2 nitrogen and oxygen atoms in total. The predicted molar refractivity (Wildman–Crippen MR) is 90.9 cm³/mol. The number of methoxy groups -OCH3 is 1. The molecule has 2 rings (SSSR count). The van der Waals surface area contributed by atoms with Crippen molar-refractivity contribution in [3.8, 4) is 0 Å². The Hall–Kier alpha value is -0.130. The molecule has 1 aliphatic carbocycles. The van der Waals surface area contributed by atoms with Gasteiger partial charge in [-0.15, -0.1) is 0 Å². The zero-order valence-corrected chi connectivity index (χ0v) is 14.8. The number of halogens is 1. The van der Waals surface area contributed by atoms with Gasteiger partial charge in [-0.2, -0.15) is 0 Å². The first-order chi connectivity index (χ1) is 9.37. The molecule has 0 bridgehead atoms. The summed E-state index contributed by atoms with van der Waals surface area (Å²) in [5.74, 6) is 0. The van der Waals surface area contributed by atoms with Gasteiger partial charge in [0.15, 0.2) is 0 Å². The largest absolute Gasteiger partial charge is 0.390 e. The first kappa shape index (κ1) is 16.2. The highest BCUT2D eigenvalue weighted by Gasteiger charge is 2.43. The number of aliphatic hydroxyl groups is 1. The van der Waals surface area contributed by atoms with Gasteiger partial charge in [-0.25, -0.2) is 0 Å². The summed E-state index contributed by atoms with van der Waals surface area (Å²) in [6, 6.07) is 8.38. The van der Waals surface area contributed by atoms with Crippen LogP contribution in [0.1, 0.15) is 45.1 Å². The van der Waals surface area contributed by atoms with Crippen molar-refractivity contribution in [1.29, 1.82) is 0 Å². The molecule has 1 aromatic rings. The maximum atomic E-state index is 10.7. The van der Waals surface area contributed by atoms with Gasteiger partial charge >= 0.3 is 0 Å². The SMILES string of the molecule is COC1(C(O)Cc2ccc(I)cc2)CCC(C)(C)CC1. The third kappa shape index (κ3) is 3.74. The molecular weight excluding hydrogens is 363 g/mol. The lowest BCUT2D eigenvalue weighted by Gasteiger charge is -2.45. The Labute approximate surface area is 136 Å². The third-order valence-corrected chi connectivity index (χ3v) is 5.53. The van der Waals surface area contributed by atoms with Gasteiger partial charge in [0, 0.05) is 17.1 Å². The van der Waals surface area contributed by atoms with E-state index in [0.29, 0.717) is 11.8 Å². The van der Waals surface area contributed by atoms with Crippen LogP contribution in [0.15, 0.2) is 24.3 Å². The van der Waals surface area contributed by atoms with E-state index >= 15 is 0 Å². The van der Waals surface area contributed by atoms with E-state index in [4.69, 9.17) is 4.74 Å². The van der Waals surface area contributed by atoms with Gasteiger partial charge in [0.1, 0.15) is 0 Å². The molecule has 0 aliphatic heterocycles. The van der Waals surface area contributed by atoms with Crippen molar-refractivity contribution in [3.63, 3.8) is 0 Å². The summed E-state index contributed by atoms with van der Waals surface area (Å²) in [6.45, 7) is 4.61. The van der Waals surface area contributed by atoms with Crippen LogP contribution in [0.5, 0.6) is 0 Å². The van der Waals surface area contributed by atoms with Crippen molar-refractivity contribution in [1.82, 2.24) is 0 Å². The van der Waals surface area contributed by atoms with Crippen molar-refractivity contribution in [2.24, 2.45) is 5.41 Å². The van der Waals surface area contributed by atoms with Gasteiger partial charge < -0.3 is 9.84 Å². The zero-order valence-electron chi connectivity index (χ0n) is 12.7. The van der Waals surface area contributed by atoms with Gasteiger partial charge in [0.2, 0.25) is 0 Å². The van der Waals surface area contributed by atoms with E-state index < -0.39 is 6.10 Å². The number of aliphatic hydroxyl groups excluding tert-OH is 1. The second kappa shape index (κ2) is 6.32. The standard InChI is InChI=1S/C17H25IO2/c1-16(2)8-10-17(20-3,11-9-16)15(19)12-13-4-6-14(18)7-5-13/h4-7,15,19H,8-12H2,1-3H3. The van der Waals surface area contributed by atoms with Crippen LogP contribution in [0.3, 0.4) is 0 Å². The molecule has 1 N–H and O–H groups in total. The number of ether oxygens (including phenoxy) is 1. The van der Waals surface area contributed by atoms with E-state index in [9.17, 15) is 5.11 Å². The van der Waals surface area contributed by atoms with Crippen LogP contribution in [-0.4, -0.2) is 23.9 Å². The fourth-order valence-electron chi connectivity index (χ4n) is 3.05. The van der Waals surface area contributed by atoms with Gasteiger partial charge in [-0.05, 0) is 71.4 Å². The van der Waals surface area contributed by atoms with Crippen molar-refractivity contribution in [2.75, 3.05) is 7.11 Å². The van der Waals surface area contributed by atoms with Crippen LogP contribution in [0.25, 0.3) is 0 Å². The minimum absolute atomic E-state index is 0.363. The van der Waals surface area contributed by atoms with Crippen LogP contribution >= 0.6 is 22.6 Å². The van der Waals surface area contributed by atoms with Crippen LogP contribution in [-0.2, 0) is 11.2 Å². The molecule has 1 aliphatic rings. The molecule has 1 saturated carbocycles. The molecule has 0 heterocycles. The molecule has 1 aromatic carbocycles. The summed E-state index contributed by atoms with van der Waals surface area (Å²) >= 11 is 2.30. The highest BCUT2D eigenvalue weighted by molar-refractivity contribution is 14.1. The van der Waals surface area contributed by atoms with E-state index in [1.165, 1.54) is 9.13 Å². The number of rotatable bonds is 4. The molecule has 1 fully saturated rings. The van der Waals surface area contributed by atoms with Gasteiger partial charge in [0.05, 0.1) is 11.7 Å². The second-order valence-electron chi connectivity index (χ2n) is 6.78. The summed E-state index contributed by atoms with van der Waals surface area (Å²) in [6.07, 6.45) is 4.37. The Balaban J connectivity index is 2.06. The smallest absolute Gasteiger partial charge is 0.0940 e. The molecular formula is C17H25IO2. The zero-order chi connectivity index (χ0) is 14.8. The topological polar surface area (TPSA) is 29.5 Å². The van der Waals surface area contributed by atoms with E-state index in [1.54, 1.807) is 7.11 Å². The first-order valence-electron chi connectivity index (χ1n) is 7.35. The minimum atomic E-state index is -0.427. The Morgan fingerprint density at radius 1 is 1.15 bits per heavy atom. The van der Waals surface area contributed by atoms with Gasteiger partial charge in [0.25, 0.3) is 0 Å². The van der Waals surface area contributed by atoms with Crippen LogP contribution < -0.4 is 0 Å². The van der Waals surface area contributed by atoms with Crippen molar-refractivity contribution in [2.45, 2.75) is 57.7 Å². The predicted octanol–water partition coefficient (Wildman–Crippen LogP) is 4.18. The Morgan fingerprint density at radius 3 is 2.20 bits per heavy atom. The summed E-state index contributed by atoms with van der Waals surface area (Å²) in [4.78, 5) is 0. The molecule has 1 unspecified atom stereocenters. The second-order valence-corrected chi connectivity index (χ2v) is 8.03. The summed E-state index contributed by atoms with van der Waals surface area (Å²) in [5, 5.41) is 10.7. The van der Waals surface area contributed by atoms with Crippen molar-refractivity contribution < 1.29 is 9.84 Å². The normalized spacial score (nSPS) is 22.4. The van der Waals surface area contributed by atoms with Crippen molar-refractivity contribution in [3.05, 3.63) is 33.4 Å². The summed E-state index contributed by atoms with van der Waals surface area (Å²) in [5.41, 5.74) is 1.20. The van der Waals surface area contributed by atoms with E-state index in [2.05, 4.69) is 60.7 Å². The molecule has 1 atom stereocenters. The van der Waals surface area contributed by atoms with Gasteiger partial charge in [-0.1, -0.05) is 26.0 Å². The third-order valence-electron chi connectivity index (χ3n) is 4.81. The monoisotopic (exact) mass is 388 g/mol. The molecule has 3 heteroatoms. The fraction of sp³-hybridized carbons (Fsp3) is 0.647.